The Kier molecular flexibility index (Phi) is 3.72. The van der Waals surface area contributed by atoms with Crippen LogP contribution in [0.1, 0.15) is 24.2 Å². The molecule has 1 aliphatic heterocycles. The first-order chi connectivity index (χ1) is 10.6. The minimum Gasteiger partial charge on any atom is -0.478 e. The molecule has 0 spiro atoms. The van der Waals surface area contributed by atoms with Crippen LogP contribution in [0.5, 0.6) is 0 Å². The number of rotatable bonds is 3. The van der Waals surface area contributed by atoms with Crippen molar-refractivity contribution in [2.24, 2.45) is 4.99 Å². The molecule has 2 heterocycles. The third-order valence-electron chi connectivity index (χ3n) is 3.33. The molecule has 1 unspecified atom stereocenters. The predicted molar refractivity (Wildman–Crippen MR) is 81.3 cm³/mol. The molecule has 2 N–H and O–H groups in total. The summed E-state index contributed by atoms with van der Waals surface area (Å²) in [7, 11) is 0. The van der Waals surface area contributed by atoms with Crippen LogP contribution in [0.25, 0.3) is 0 Å². The summed E-state index contributed by atoms with van der Waals surface area (Å²) in [5.74, 6) is -0.919. The van der Waals surface area contributed by atoms with E-state index in [9.17, 15) is 14.3 Å². The standard InChI is InChI=1S/C15H12FN3O2S/c1-8-12(15(20)21)13(9-2-4-10(16)5-3-9)19-14(18-8)11-6-22-7-17-11/h2-7,13H,1H3,(H,18,19)(H,20,21). The van der Waals surface area contributed by atoms with Crippen molar-refractivity contribution in [2.45, 2.75) is 13.0 Å². The fourth-order valence-corrected chi connectivity index (χ4v) is 2.84. The molecule has 0 radical (unpaired) electrons. The van der Waals surface area contributed by atoms with Crippen molar-refractivity contribution >= 4 is 23.1 Å². The van der Waals surface area contributed by atoms with Gasteiger partial charge in [-0.05, 0) is 24.6 Å². The topological polar surface area (TPSA) is 74.6 Å². The van der Waals surface area contributed by atoms with Crippen LogP contribution in [-0.4, -0.2) is 21.9 Å². The third-order valence-corrected chi connectivity index (χ3v) is 3.92. The fraction of sp³-hybridized carbons (Fsp3) is 0.133. The number of benzene rings is 1. The zero-order valence-corrected chi connectivity index (χ0v) is 12.4. The summed E-state index contributed by atoms with van der Waals surface area (Å²) in [6.45, 7) is 1.68. The molecule has 1 aliphatic rings. The molecule has 7 heteroatoms. The Morgan fingerprint density at radius 1 is 1.36 bits per heavy atom. The summed E-state index contributed by atoms with van der Waals surface area (Å²) >= 11 is 1.43. The lowest BCUT2D eigenvalue weighted by Gasteiger charge is -2.24. The number of halogens is 1. The van der Waals surface area contributed by atoms with E-state index in [-0.39, 0.29) is 11.4 Å². The Labute approximate surface area is 129 Å². The summed E-state index contributed by atoms with van der Waals surface area (Å²) in [4.78, 5) is 20.2. The number of allylic oxidation sites excluding steroid dienone is 1. The minimum atomic E-state index is -1.06. The van der Waals surface area contributed by atoms with Crippen LogP contribution in [-0.2, 0) is 4.79 Å². The van der Waals surface area contributed by atoms with Crippen LogP contribution in [0.2, 0.25) is 0 Å². The van der Waals surface area contributed by atoms with Crippen LogP contribution in [0.15, 0.2) is 51.4 Å². The minimum absolute atomic E-state index is 0.144. The molecule has 0 saturated carbocycles. The highest BCUT2D eigenvalue weighted by Crippen LogP contribution is 2.31. The van der Waals surface area contributed by atoms with Crippen LogP contribution in [0, 0.1) is 5.82 Å². The van der Waals surface area contributed by atoms with Gasteiger partial charge in [0.25, 0.3) is 0 Å². The van der Waals surface area contributed by atoms with E-state index < -0.39 is 12.0 Å². The lowest BCUT2D eigenvalue weighted by molar-refractivity contribution is -0.133. The number of nitrogens with zero attached hydrogens (tertiary/aromatic N) is 2. The first kappa shape index (κ1) is 14.4. The number of carbonyl (C=O) groups is 1. The van der Waals surface area contributed by atoms with Gasteiger partial charge in [-0.15, -0.1) is 11.3 Å². The van der Waals surface area contributed by atoms with Crippen molar-refractivity contribution in [1.82, 2.24) is 10.3 Å². The average molecular weight is 317 g/mol. The number of amidine groups is 1. The number of aliphatic carboxylic acids is 1. The molecule has 2 aromatic rings. The lowest BCUT2D eigenvalue weighted by Crippen LogP contribution is -2.32. The molecule has 1 atom stereocenters. The second-order valence-electron chi connectivity index (χ2n) is 4.77. The number of nitrogens with one attached hydrogen (secondary N) is 1. The van der Waals surface area contributed by atoms with Gasteiger partial charge in [-0.3, -0.25) is 4.99 Å². The van der Waals surface area contributed by atoms with Gasteiger partial charge in [0.1, 0.15) is 17.6 Å². The maximum Gasteiger partial charge on any atom is 0.335 e. The highest BCUT2D eigenvalue weighted by atomic mass is 32.1. The zero-order chi connectivity index (χ0) is 15.7. The second-order valence-corrected chi connectivity index (χ2v) is 5.49. The summed E-state index contributed by atoms with van der Waals surface area (Å²) in [5.41, 5.74) is 3.59. The van der Waals surface area contributed by atoms with Crippen LogP contribution in [0.3, 0.4) is 0 Å². The smallest absolute Gasteiger partial charge is 0.335 e. The van der Waals surface area contributed by atoms with E-state index in [0.717, 1.165) is 0 Å². The predicted octanol–water partition coefficient (Wildman–Crippen LogP) is 2.73. The first-order valence-electron chi connectivity index (χ1n) is 6.49. The number of carboxylic acid groups (broad SMARTS) is 1. The Bertz CT molecular complexity index is 767. The maximum atomic E-state index is 13.1. The van der Waals surface area contributed by atoms with Gasteiger partial charge in [-0.1, -0.05) is 12.1 Å². The van der Waals surface area contributed by atoms with E-state index in [1.54, 1.807) is 24.6 Å². The molecule has 1 aromatic heterocycles. The van der Waals surface area contributed by atoms with Crippen LogP contribution >= 0.6 is 11.3 Å². The SMILES string of the molecule is CC1=C(C(=O)O)C(c2ccc(F)cc2)N=C(c2cscn2)N1. The van der Waals surface area contributed by atoms with Gasteiger partial charge in [0.05, 0.1) is 11.1 Å². The van der Waals surface area contributed by atoms with Gasteiger partial charge in [0.2, 0.25) is 0 Å². The highest BCUT2D eigenvalue weighted by molar-refractivity contribution is 7.07. The van der Waals surface area contributed by atoms with E-state index in [4.69, 9.17) is 0 Å². The molecule has 112 valence electrons. The van der Waals surface area contributed by atoms with Crippen molar-refractivity contribution in [1.29, 1.82) is 0 Å². The number of thiazole rings is 1. The Hall–Kier alpha value is -2.54. The maximum absolute atomic E-state index is 13.1. The molecule has 0 bridgehead atoms. The summed E-state index contributed by atoms with van der Waals surface area (Å²) < 4.78 is 13.1. The lowest BCUT2D eigenvalue weighted by atomic mass is 9.96. The molecule has 3 rings (SSSR count). The van der Waals surface area contributed by atoms with Crippen molar-refractivity contribution in [3.05, 3.63) is 63.5 Å². The summed E-state index contributed by atoms with van der Waals surface area (Å²) in [6, 6.07) is 4.98. The van der Waals surface area contributed by atoms with Crippen molar-refractivity contribution in [2.75, 3.05) is 0 Å². The van der Waals surface area contributed by atoms with Crippen molar-refractivity contribution in [3.8, 4) is 0 Å². The quantitative estimate of drug-likeness (QED) is 0.913. The average Bonchev–Trinajstić information content (AvgIpc) is 3.01. The van der Waals surface area contributed by atoms with Crippen LogP contribution < -0.4 is 5.32 Å². The largest absolute Gasteiger partial charge is 0.478 e. The van der Waals surface area contributed by atoms with E-state index in [0.29, 0.717) is 22.8 Å². The number of hydrogen-bond donors (Lipinski definition) is 2. The highest BCUT2D eigenvalue weighted by Gasteiger charge is 2.29. The molecule has 1 aromatic carbocycles. The molecule has 0 fully saturated rings. The van der Waals surface area contributed by atoms with Gasteiger partial charge in [0.15, 0.2) is 5.84 Å². The number of aliphatic imine (C=N–C) groups is 1. The van der Waals surface area contributed by atoms with Gasteiger partial charge in [-0.25, -0.2) is 14.2 Å². The summed E-state index contributed by atoms with van der Waals surface area (Å²) in [5, 5.41) is 14.3. The Morgan fingerprint density at radius 3 is 2.68 bits per heavy atom. The molecule has 0 aliphatic carbocycles. The van der Waals surface area contributed by atoms with E-state index in [1.165, 1.54) is 23.5 Å². The number of aromatic nitrogens is 1. The van der Waals surface area contributed by atoms with Crippen molar-refractivity contribution < 1.29 is 14.3 Å². The molecular weight excluding hydrogens is 305 g/mol. The number of hydrogen-bond acceptors (Lipinski definition) is 5. The summed E-state index contributed by atoms with van der Waals surface area (Å²) in [6.07, 6.45) is 0. The van der Waals surface area contributed by atoms with Gasteiger partial charge >= 0.3 is 5.97 Å². The second kappa shape index (κ2) is 5.69. The van der Waals surface area contributed by atoms with E-state index >= 15 is 0 Å². The van der Waals surface area contributed by atoms with Crippen molar-refractivity contribution in [3.63, 3.8) is 0 Å². The normalized spacial score (nSPS) is 17.9. The van der Waals surface area contributed by atoms with Gasteiger partial charge in [-0.2, -0.15) is 0 Å². The van der Waals surface area contributed by atoms with Gasteiger partial charge in [0, 0.05) is 11.1 Å². The van der Waals surface area contributed by atoms with Gasteiger partial charge < -0.3 is 10.4 Å². The third kappa shape index (κ3) is 2.62. The molecule has 0 amide bonds. The fourth-order valence-electron chi connectivity index (χ4n) is 2.30. The van der Waals surface area contributed by atoms with E-state index in [2.05, 4.69) is 15.3 Å². The molecule has 0 saturated heterocycles. The Morgan fingerprint density at radius 2 is 2.09 bits per heavy atom. The molecular formula is C15H12FN3O2S. The zero-order valence-electron chi connectivity index (χ0n) is 11.6. The number of carboxylic acids is 1. The van der Waals surface area contributed by atoms with Crippen LogP contribution in [0.4, 0.5) is 4.39 Å². The Balaban J connectivity index is 2.09. The molecule has 5 nitrogen and oxygen atoms in total. The van der Waals surface area contributed by atoms with E-state index in [1.807, 2.05) is 5.38 Å². The first-order valence-corrected chi connectivity index (χ1v) is 7.43. The monoisotopic (exact) mass is 317 g/mol. The molecule has 22 heavy (non-hydrogen) atoms.